The number of nitrogens with zero attached hydrogens (tertiary/aromatic N) is 2. The fourth-order valence-corrected chi connectivity index (χ4v) is 1.73. The van der Waals surface area contributed by atoms with Crippen LogP contribution in [0.15, 0.2) is 35.3 Å². The highest BCUT2D eigenvalue weighted by molar-refractivity contribution is 5.79. The maximum atomic E-state index is 5.64. The van der Waals surface area contributed by atoms with Crippen LogP contribution >= 0.6 is 0 Å². The molecule has 0 bridgehead atoms. The number of guanidine groups is 1. The van der Waals surface area contributed by atoms with Crippen molar-refractivity contribution in [2.75, 3.05) is 46.9 Å². The number of hydrogen-bond acceptors (Lipinski definition) is 3. The molecule has 2 N–H and O–H groups in total. The van der Waals surface area contributed by atoms with Crippen molar-refractivity contribution in [3.8, 4) is 5.75 Å². The Kier molecular flexibility index (Phi) is 9.04. The molecule has 0 fully saturated rings. The lowest BCUT2D eigenvalue weighted by Gasteiger charge is -2.16. The van der Waals surface area contributed by atoms with Gasteiger partial charge in [0.2, 0.25) is 0 Å². The normalized spacial score (nSPS) is 11.5. The molecule has 0 aliphatic heterocycles. The van der Waals surface area contributed by atoms with Crippen LogP contribution in [0.25, 0.3) is 0 Å². The van der Waals surface area contributed by atoms with Gasteiger partial charge < -0.3 is 20.3 Å². The van der Waals surface area contributed by atoms with Crippen molar-refractivity contribution in [2.24, 2.45) is 4.99 Å². The van der Waals surface area contributed by atoms with E-state index < -0.39 is 0 Å². The fraction of sp³-hybridized carbons (Fsp3) is 0.562. The summed E-state index contributed by atoms with van der Waals surface area (Å²) in [6.45, 7) is 6.66. The van der Waals surface area contributed by atoms with Gasteiger partial charge in [0.05, 0.1) is 6.61 Å². The van der Waals surface area contributed by atoms with Gasteiger partial charge in [0.15, 0.2) is 5.96 Å². The third-order valence-electron chi connectivity index (χ3n) is 3.17. The third kappa shape index (κ3) is 8.19. The van der Waals surface area contributed by atoms with Gasteiger partial charge in [-0.2, -0.15) is 0 Å². The molecule has 0 saturated carbocycles. The standard InChI is InChI=1S/C16H28N4O/c1-4-20(3)13-12-19-16(17-2)18-11-8-14-21-15-9-6-5-7-10-15/h5-7,9-10H,4,8,11-14H2,1-3H3,(H2,17,18,19). The van der Waals surface area contributed by atoms with E-state index in [0.29, 0.717) is 6.61 Å². The summed E-state index contributed by atoms with van der Waals surface area (Å²) in [6.07, 6.45) is 0.935. The Morgan fingerprint density at radius 3 is 2.57 bits per heavy atom. The maximum absolute atomic E-state index is 5.64. The number of ether oxygens (including phenoxy) is 1. The van der Waals surface area contributed by atoms with Gasteiger partial charge in [-0.15, -0.1) is 0 Å². The highest BCUT2D eigenvalue weighted by atomic mass is 16.5. The van der Waals surface area contributed by atoms with Crippen molar-refractivity contribution < 1.29 is 4.74 Å². The second kappa shape index (κ2) is 11.0. The number of nitrogens with one attached hydrogen (secondary N) is 2. The lowest BCUT2D eigenvalue weighted by atomic mass is 10.3. The van der Waals surface area contributed by atoms with Crippen LogP contribution in [-0.2, 0) is 0 Å². The van der Waals surface area contributed by atoms with Gasteiger partial charge in [0, 0.05) is 26.7 Å². The molecule has 0 saturated heterocycles. The number of hydrogen-bond donors (Lipinski definition) is 2. The molecule has 0 aliphatic carbocycles. The van der Waals surface area contributed by atoms with Crippen molar-refractivity contribution in [3.63, 3.8) is 0 Å². The van der Waals surface area contributed by atoms with Crippen LogP contribution in [-0.4, -0.2) is 57.7 Å². The summed E-state index contributed by atoms with van der Waals surface area (Å²) >= 11 is 0. The molecule has 1 rings (SSSR count). The van der Waals surface area contributed by atoms with Crippen molar-refractivity contribution in [3.05, 3.63) is 30.3 Å². The molecule has 0 radical (unpaired) electrons. The molecule has 1 aromatic carbocycles. The predicted octanol–water partition coefficient (Wildman–Crippen LogP) is 1.57. The van der Waals surface area contributed by atoms with E-state index in [1.165, 1.54) is 0 Å². The molecule has 0 spiro atoms. The van der Waals surface area contributed by atoms with E-state index >= 15 is 0 Å². The Balaban J connectivity index is 2.07. The highest BCUT2D eigenvalue weighted by Gasteiger charge is 1.98. The van der Waals surface area contributed by atoms with Gasteiger partial charge in [-0.1, -0.05) is 25.1 Å². The summed E-state index contributed by atoms with van der Waals surface area (Å²) in [5, 5.41) is 6.59. The SMILES string of the molecule is CCN(C)CCNC(=NC)NCCCOc1ccccc1. The molecular weight excluding hydrogens is 264 g/mol. The van der Waals surface area contributed by atoms with Gasteiger partial charge in [-0.25, -0.2) is 0 Å². The molecule has 0 unspecified atom stereocenters. The number of aliphatic imine (C=N–C) groups is 1. The van der Waals surface area contributed by atoms with Crippen molar-refractivity contribution in [1.29, 1.82) is 0 Å². The average molecular weight is 292 g/mol. The first-order valence-electron chi connectivity index (χ1n) is 7.57. The molecule has 0 atom stereocenters. The van der Waals surface area contributed by atoms with E-state index in [1.807, 2.05) is 30.3 Å². The molecular formula is C16H28N4O. The average Bonchev–Trinajstić information content (AvgIpc) is 2.53. The summed E-state index contributed by atoms with van der Waals surface area (Å²) < 4.78 is 5.64. The van der Waals surface area contributed by atoms with E-state index in [2.05, 4.69) is 34.5 Å². The Bertz CT molecular complexity index is 395. The van der Waals surface area contributed by atoms with Crippen LogP contribution in [0.3, 0.4) is 0 Å². The minimum absolute atomic E-state index is 0.701. The molecule has 1 aromatic rings. The van der Waals surface area contributed by atoms with E-state index in [4.69, 9.17) is 4.74 Å². The zero-order chi connectivity index (χ0) is 15.3. The minimum Gasteiger partial charge on any atom is -0.494 e. The van der Waals surface area contributed by atoms with Gasteiger partial charge in [-0.05, 0) is 32.1 Å². The molecule has 5 nitrogen and oxygen atoms in total. The van der Waals surface area contributed by atoms with Gasteiger partial charge in [0.1, 0.15) is 5.75 Å². The topological polar surface area (TPSA) is 48.9 Å². The second-order valence-electron chi connectivity index (χ2n) is 4.84. The number of para-hydroxylation sites is 1. The summed E-state index contributed by atoms with van der Waals surface area (Å²) in [5.74, 6) is 1.77. The summed E-state index contributed by atoms with van der Waals surface area (Å²) in [7, 11) is 3.90. The highest BCUT2D eigenvalue weighted by Crippen LogP contribution is 2.07. The van der Waals surface area contributed by atoms with Crippen molar-refractivity contribution in [2.45, 2.75) is 13.3 Å². The number of rotatable bonds is 9. The lowest BCUT2D eigenvalue weighted by molar-refractivity contribution is 0.311. The lowest BCUT2D eigenvalue weighted by Crippen LogP contribution is -2.41. The molecule has 0 aliphatic rings. The first-order chi connectivity index (χ1) is 10.3. The van der Waals surface area contributed by atoms with E-state index in [1.54, 1.807) is 7.05 Å². The molecule has 0 aromatic heterocycles. The summed E-state index contributed by atoms with van der Waals surface area (Å²) in [4.78, 5) is 6.46. The second-order valence-corrected chi connectivity index (χ2v) is 4.84. The largest absolute Gasteiger partial charge is 0.494 e. The molecule has 0 amide bonds. The monoisotopic (exact) mass is 292 g/mol. The van der Waals surface area contributed by atoms with E-state index in [-0.39, 0.29) is 0 Å². The number of benzene rings is 1. The van der Waals surface area contributed by atoms with E-state index in [0.717, 1.165) is 44.3 Å². The number of likely N-dealkylation sites (N-methyl/N-ethyl adjacent to an activating group) is 1. The van der Waals surface area contributed by atoms with Gasteiger partial charge in [0.25, 0.3) is 0 Å². The summed E-state index contributed by atoms with van der Waals surface area (Å²) in [5.41, 5.74) is 0. The molecule has 21 heavy (non-hydrogen) atoms. The Hall–Kier alpha value is -1.75. The minimum atomic E-state index is 0.701. The first kappa shape index (κ1) is 17.3. The summed E-state index contributed by atoms with van der Waals surface area (Å²) in [6, 6.07) is 9.88. The van der Waals surface area contributed by atoms with Gasteiger partial charge >= 0.3 is 0 Å². The fourth-order valence-electron chi connectivity index (χ4n) is 1.73. The molecule has 5 heteroatoms. The van der Waals surface area contributed by atoms with Crippen molar-refractivity contribution in [1.82, 2.24) is 15.5 Å². The Labute approximate surface area is 128 Å². The first-order valence-corrected chi connectivity index (χ1v) is 7.57. The van der Waals surface area contributed by atoms with Crippen LogP contribution in [0.1, 0.15) is 13.3 Å². The predicted molar refractivity (Wildman–Crippen MR) is 89.1 cm³/mol. The van der Waals surface area contributed by atoms with Crippen LogP contribution in [0.4, 0.5) is 0 Å². The quantitative estimate of drug-likeness (QED) is 0.412. The molecule has 118 valence electrons. The van der Waals surface area contributed by atoms with Crippen LogP contribution in [0.2, 0.25) is 0 Å². The van der Waals surface area contributed by atoms with Crippen LogP contribution < -0.4 is 15.4 Å². The van der Waals surface area contributed by atoms with Gasteiger partial charge in [-0.3, -0.25) is 4.99 Å². The zero-order valence-corrected chi connectivity index (χ0v) is 13.4. The Morgan fingerprint density at radius 2 is 1.90 bits per heavy atom. The van der Waals surface area contributed by atoms with Crippen LogP contribution in [0.5, 0.6) is 5.75 Å². The van der Waals surface area contributed by atoms with Crippen LogP contribution in [0, 0.1) is 0 Å². The van der Waals surface area contributed by atoms with Crippen molar-refractivity contribution >= 4 is 5.96 Å². The third-order valence-corrected chi connectivity index (χ3v) is 3.17. The maximum Gasteiger partial charge on any atom is 0.191 e. The Morgan fingerprint density at radius 1 is 1.19 bits per heavy atom. The van der Waals surface area contributed by atoms with E-state index in [9.17, 15) is 0 Å². The molecule has 0 heterocycles. The smallest absolute Gasteiger partial charge is 0.191 e. The zero-order valence-electron chi connectivity index (χ0n) is 13.4.